The number of hydrogen-bond donors (Lipinski definition) is 1. The maximum atomic E-state index is 4.57. The van der Waals surface area contributed by atoms with Crippen LogP contribution in [0.1, 0.15) is 15.6 Å². The largest absolute Gasteiger partial charge is 0.315 e. The smallest absolute Gasteiger partial charge is 0.0946 e. The van der Waals surface area contributed by atoms with E-state index in [1.54, 1.807) is 0 Å². The first-order valence-electron chi connectivity index (χ1n) is 5.27. The highest BCUT2D eigenvalue weighted by Crippen LogP contribution is 2.17. The molecule has 0 saturated carbocycles. The molecule has 0 saturated heterocycles. The lowest BCUT2D eigenvalue weighted by Crippen LogP contribution is -2.37. The van der Waals surface area contributed by atoms with Gasteiger partial charge in [-0.25, -0.2) is 4.98 Å². The summed E-state index contributed by atoms with van der Waals surface area (Å²) in [6, 6.07) is 0.491. The molecule has 0 fully saturated rings. The summed E-state index contributed by atoms with van der Waals surface area (Å²) in [5.74, 6) is 0. The van der Waals surface area contributed by atoms with Crippen LogP contribution in [0.4, 0.5) is 0 Å². The zero-order valence-corrected chi connectivity index (χ0v) is 11.1. The van der Waals surface area contributed by atoms with Crippen LogP contribution >= 0.6 is 11.3 Å². The fraction of sp³-hybridized carbons (Fsp3) is 0.727. The van der Waals surface area contributed by atoms with Gasteiger partial charge in [-0.05, 0) is 35.0 Å². The lowest BCUT2D eigenvalue weighted by atomic mass is 10.2. The van der Waals surface area contributed by atoms with Gasteiger partial charge in [-0.15, -0.1) is 11.3 Å². The Morgan fingerprint density at radius 3 is 2.47 bits per heavy atom. The van der Waals surface area contributed by atoms with E-state index in [2.05, 4.69) is 43.1 Å². The topological polar surface area (TPSA) is 28.2 Å². The highest BCUT2D eigenvalue weighted by molar-refractivity contribution is 7.11. The molecule has 3 nitrogen and oxygen atoms in total. The Balaban J connectivity index is 2.58. The van der Waals surface area contributed by atoms with Gasteiger partial charge < -0.3 is 10.2 Å². The summed E-state index contributed by atoms with van der Waals surface area (Å²) in [7, 11) is 6.22. The van der Waals surface area contributed by atoms with E-state index < -0.39 is 0 Å². The number of nitrogens with zero attached hydrogens (tertiary/aromatic N) is 2. The Bertz CT molecular complexity index is 287. The molecule has 4 heteroatoms. The highest BCUT2D eigenvalue weighted by atomic mass is 32.1. The van der Waals surface area contributed by atoms with E-state index in [0.717, 1.165) is 13.0 Å². The predicted molar refractivity (Wildman–Crippen MR) is 66.7 cm³/mol. The number of likely N-dealkylation sites (N-methyl/N-ethyl adjacent to an activating group) is 2. The Morgan fingerprint density at radius 1 is 1.40 bits per heavy atom. The van der Waals surface area contributed by atoms with E-state index in [4.69, 9.17) is 0 Å². The van der Waals surface area contributed by atoms with E-state index in [9.17, 15) is 0 Å². The summed E-state index contributed by atoms with van der Waals surface area (Å²) >= 11 is 1.82. The Labute approximate surface area is 96.5 Å². The van der Waals surface area contributed by atoms with Gasteiger partial charge in [0.25, 0.3) is 0 Å². The molecule has 0 aliphatic rings. The summed E-state index contributed by atoms with van der Waals surface area (Å²) in [6.45, 7) is 5.26. The molecule has 15 heavy (non-hydrogen) atoms. The third-order valence-corrected chi connectivity index (χ3v) is 3.58. The number of aryl methyl sites for hydroxylation is 2. The van der Waals surface area contributed by atoms with Crippen molar-refractivity contribution in [3.63, 3.8) is 0 Å². The SMILES string of the molecule is CNC(Cc1nc(C)c(C)s1)CN(C)C. The monoisotopic (exact) mass is 227 g/mol. The quantitative estimate of drug-likeness (QED) is 0.825. The molecule has 1 N–H and O–H groups in total. The van der Waals surface area contributed by atoms with Gasteiger partial charge in [-0.2, -0.15) is 0 Å². The van der Waals surface area contributed by atoms with Crippen molar-refractivity contribution in [2.24, 2.45) is 0 Å². The first-order chi connectivity index (χ1) is 7.02. The van der Waals surface area contributed by atoms with E-state index >= 15 is 0 Å². The zero-order chi connectivity index (χ0) is 11.4. The average molecular weight is 227 g/mol. The van der Waals surface area contributed by atoms with Crippen LogP contribution in [-0.4, -0.2) is 43.6 Å². The number of hydrogen-bond acceptors (Lipinski definition) is 4. The fourth-order valence-electron chi connectivity index (χ4n) is 1.54. The van der Waals surface area contributed by atoms with E-state index in [0.29, 0.717) is 6.04 Å². The van der Waals surface area contributed by atoms with E-state index in [-0.39, 0.29) is 0 Å². The van der Waals surface area contributed by atoms with Crippen molar-refractivity contribution in [3.8, 4) is 0 Å². The Kier molecular flexibility index (Phi) is 4.70. The number of rotatable bonds is 5. The van der Waals surface area contributed by atoms with Crippen molar-refractivity contribution in [2.45, 2.75) is 26.3 Å². The average Bonchev–Trinajstić information content (AvgIpc) is 2.44. The van der Waals surface area contributed by atoms with Crippen molar-refractivity contribution < 1.29 is 0 Å². The molecule has 0 radical (unpaired) electrons. The van der Waals surface area contributed by atoms with Gasteiger partial charge in [-0.1, -0.05) is 0 Å². The summed E-state index contributed by atoms with van der Waals surface area (Å²) in [5.41, 5.74) is 1.18. The van der Waals surface area contributed by atoms with Crippen molar-refractivity contribution in [3.05, 3.63) is 15.6 Å². The van der Waals surface area contributed by atoms with Gasteiger partial charge in [-0.3, -0.25) is 0 Å². The summed E-state index contributed by atoms with van der Waals surface area (Å²) < 4.78 is 0. The Morgan fingerprint density at radius 2 is 2.07 bits per heavy atom. The molecule has 1 aromatic heterocycles. The maximum absolute atomic E-state index is 4.57. The van der Waals surface area contributed by atoms with Crippen LogP contribution in [0.25, 0.3) is 0 Å². The first kappa shape index (κ1) is 12.6. The lowest BCUT2D eigenvalue weighted by molar-refractivity contribution is 0.346. The summed E-state index contributed by atoms with van der Waals surface area (Å²) in [5, 5.41) is 4.58. The zero-order valence-electron chi connectivity index (χ0n) is 10.3. The maximum Gasteiger partial charge on any atom is 0.0946 e. The third-order valence-electron chi connectivity index (χ3n) is 2.49. The molecule has 1 aromatic rings. The molecule has 1 unspecified atom stereocenters. The number of aromatic nitrogens is 1. The van der Waals surface area contributed by atoms with Crippen LogP contribution in [-0.2, 0) is 6.42 Å². The van der Waals surface area contributed by atoms with Crippen LogP contribution in [0.3, 0.4) is 0 Å². The van der Waals surface area contributed by atoms with Gasteiger partial charge in [0.15, 0.2) is 0 Å². The minimum atomic E-state index is 0.491. The molecule has 0 aliphatic heterocycles. The first-order valence-corrected chi connectivity index (χ1v) is 6.09. The number of thiazole rings is 1. The fourth-order valence-corrected chi connectivity index (χ4v) is 2.55. The minimum absolute atomic E-state index is 0.491. The van der Waals surface area contributed by atoms with Crippen LogP contribution in [0.2, 0.25) is 0 Å². The molecule has 1 atom stereocenters. The molecule has 86 valence electrons. The highest BCUT2D eigenvalue weighted by Gasteiger charge is 2.11. The second-order valence-corrected chi connectivity index (χ2v) is 5.49. The number of nitrogens with one attached hydrogen (secondary N) is 1. The lowest BCUT2D eigenvalue weighted by Gasteiger charge is -2.19. The summed E-state index contributed by atoms with van der Waals surface area (Å²) in [4.78, 5) is 8.11. The summed E-state index contributed by atoms with van der Waals surface area (Å²) in [6.07, 6.45) is 1.02. The third kappa shape index (κ3) is 3.89. The molecule has 0 amide bonds. The second kappa shape index (κ2) is 5.58. The molecule has 0 spiro atoms. The van der Waals surface area contributed by atoms with Crippen molar-refractivity contribution in [1.82, 2.24) is 15.2 Å². The van der Waals surface area contributed by atoms with E-state index in [1.165, 1.54) is 15.6 Å². The molecule has 0 bridgehead atoms. The van der Waals surface area contributed by atoms with Gasteiger partial charge in [0.1, 0.15) is 0 Å². The molecular formula is C11H21N3S. The van der Waals surface area contributed by atoms with Gasteiger partial charge in [0.05, 0.1) is 10.7 Å². The van der Waals surface area contributed by atoms with Crippen LogP contribution < -0.4 is 5.32 Å². The van der Waals surface area contributed by atoms with Gasteiger partial charge >= 0.3 is 0 Å². The van der Waals surface area contributed by atoms with Crippen molar-refractivity contribution >= 4 is 11.3 Å². The van der Waals surface area contributed by atoms with Gasteiger partial charge in [0, 0.05) is 23.9 Å². The van der Waals surface area contributed by atoms with Gasteiger partial charge in [0.2, 0.25) is 0 Å². The van der Waals surface area contributed by atoms with Crippen LogP contribution in [0.15, 0.2) is 0 Å². The van der Waals surface area contributed by atoms with E-state index in [1.807, 2.05) is 18.4 Å². The molecule has 1 rings (SSSR count). The second-order valence-electron chi connectivity index (χ2n) is 4.20. The normalized spacial score (nSPS) is 13.5. The minimum Gasteiger partial charge on any atom is -0.315 e. The van der Waals surface area contributed by atoms with Crippen LogP contribution in [0, 0.1) is 13.8 Å². The molecule has 1 heterocycles. The van der Waals surface area contributed by atoms with Crippen molar-refractivity contribution in [2.75, 3.05) is 27.7 Å². The Hall–Kier alpha value is -0.450. The molecule has 0 aromatic carbocycles. The van der Waals surface area contributed by atoms with Crippen molar-refractivity contribution in [1.29, 1.82) is 0 Å². The standard InChI is InChI=1S/C11H21N3S/c1-8-9(2)15-11(13-8)6-10(12-3)7-14(4)5/h10,12H,6-7H2,1-5H3. The molecule has 0 aliphatic carbocycles. The predicted octanol–water partition coefficient (Wildman–Crippen LogP) is 1.45. The molecular weight excluding hydrogens is 206 g/mol. The van der Waals surface area contributed by atoms with Crippen LogP contribution in [0.5, 0.6) is 0 Å².